The Labute approximate surface area is 111 Å². The fourth-order valence-corrected chi connectivity index (χ4v) is 3.36. The first kappa shape index (κ1) is 11.5. The van der Waals surface area contributed by atoms with Crippen LogP contribution in [-0.2, 0) is 6.42 Å². The van der Waals surface area contributed by atoms with Crippen molar-refractivity contribution in [2.45, 2.75) is 19.5 Å². The van der Waals surface area contributed by atoms with Gasteiger partial charge in [0, 0.05) is 0 Å². The largest absolute Gasteiger partial charge is 0.0795 e. The molecule has 0 N–H and O–H groups in total. The van der Waals surface area contributed by atoms with E-state index in [0.717, 1.165) is 6.42 Å². The van der Waals surface area contributed by atoms with Crippen LogP contribution in [0.5, 0.6) is 0 Å². The third-order valence-electron chi connectivity index (χ3n) is 3.59. The van der Waals surface area contributed by atoms with Gasteiger partial charge in [-0.3, -0.25) is 0 Å². The molecule has 89 valence electrons. The van der Waals surface area contributed by atoms with Crippen LogP contribution < -0.4 is 5.19 Å². The van der Waals surface area contributed by atoms with E-state index in [0.29, 0.717) is 0 Å². The molecule has 0 aliphatic heterocycles. The Morgan fingerprint density at radius 3 is 2.44 bits per heavy atom. The van der Waals surface area contributed by atoms with Gasteiger partial charge in [-0.15, -0.1) is 0 Å². The fraction of sp³-hybridized carbons (Fsp3) is 0.176. The molecule has 0 fully saturated rings. The lowest BCUT2D eigenvalue weighted by Crippen LogP contribution is -2.21. The number of hydrogen-bond acceptors (Lipinski definition) is 0. The van der Waals surface area contributed by atoms with Gasteiger partial charge in [0.25, 0.3) is 0 Å². The number of hydrogen-bond donors (Lipinski definition) is 0. The van der Waals surface area contributed by atoms with Crippen molar-refractivity contribution in [1.29, 1.82) is 0 Å². The van der Waals surface area contributed by atoms with Gasteiger partial charge < -0.3 is 0 Å². The SMILES string of the molecule is C[Si](C)c1ccc(-c2cccc3c2C=CC3)cc1. The molecule has 1 heteroatoms. The Kier molecular flexibility index (Phi) is 2.92. The Hall–Kier alpha value is -1.60. The predicted octanol–water partition coefficient (Wildman–Crippen LogP) is 3.88. The van der Waals surface area contributed by atoms with Crippen molar-refractivity contribution in [2.24, 2.45) is 0 Å². The van der Waals surface area contributed by atoms with E-state index in [-0.39, 0.29) is 8.80 Å². The monoisotopic (exact) mass is 249 g/mol. The zero-order chi connectivity index (χ0) is 12.5. The molecule has 0 aromatic heterocycles. The lowest BCUT2D eigenvalue weighted by Gasteiger charge is -2.10. The van der Waals surface area contributed by atoms with Crippen LogP contribution in [0.1, 0.15) is 11.1 Å². The third-order valence-corrected chi connectivity index (χ3v) is 5.08. The summed E-state index contributed by atoms with van der Waals surface area (Å²) in [5, 5.41) is 1.51. The van der Waals surface area contributed by atoms with Gasteiger partial charge in [-0.25, -0.2) is 0 Å². The average Bonchev–Trinajstić information content (AvgIpc) is 2.87. The van der Waals surface area contributed by atoms with Crippen LogP contribution in [0.3, 0.4) is 0 Å². The maximum Gasteiger partial charge on any atom is 0.0791 e. The van der Waals surface area contributed by atoms with Crippen LogP contribution in [0.2, 0.25) is 13.1 Å². The van der Waals surface area contributed by atoms with E-state index in [1.807, 2.05) is 0 Å². The van der Waals surface area contributed by atoms with Crippen LogP contribution >= 0.6 is 0 Å². The molecule has 0 atom stereocenters. The standard InChI is InChI=1S/C17H17Si/c1-18(2)15-11-9-14(10-12-15)17-8-4-6-13-5-3-7-16(13)17/h3-4,6-12H,5H2,1-2H3. The second-order valence-corrected chi connectivity index (χ2v) is 7.64. The van der Waals surface area contributed by atoms with Crippen LogP contribution in [0.4, 0.5) is 0 Å². The normalized spacial score (nSPS) is 13.1. The quantitative estimate of drug-likeness (QED) is 0.708. The fourth-order valence-electron chi connectivity index (χ4n) is 2.53. The van der Waals surface area contributed by atoms with Gasteiger partial charge in [0.05, 0.1) is 8.80 Å². The number of fused-ring (bicyclic) bond motifs is 1. The maximum absolute atomic E-state index is 2.34. The lowest BCUT2D eigenvalue weighted by molar-refractivity contribution is 1.31. The molecule has 0 amide bonds. The lowest BCUT2D eigenvalue weighted by atomic mass is 9.97. The van der Waals surface area contributed by atoms with Crippen LogP contribution in [0.25, 0.3) is 17.2 Å². The minimum atomic E-state index is -0.335. The summed E-state index contributed by atoms with van der Waals surface area (Å²) in [6.45, 7) is 4.67. The van der Waals surface area contributed by atoms with Crippen molar-refractivity contribution in [3.8, 4) is 11.1 Å². The summed E-state index contributed by atoms with van der Waals surface area (Å²) in [5.41, 5.74) is 5.57. The van der Waals surface area contributed by atoms with Gasteiger partial charge in [0.15, 0.2) is 0 Å². The van der Waals surface area contributed by atoms with E-state index in [2.05, 4.69) is 67.7 Å². The second kappa shape index (κ2) is 4.58. The first-order chi connectivity index (χ1) is 8.75. The van der Waals surface area contributed by atoms with E-state index in [4.69, 9.17) is 0 Å². The first-order valence-electron chi connectivity index (χ1n) is 6.45. The number of rotatable bonds is 2. The van der Waals surface area contributed by atoms with Gasteiger partial charge in [0.2, 0.25) is 0 Å². The van der Waals surface area contributed by atoms with E-state index in [1.54, 1.807) is 0 Å². The van der Waals surface area contributed by atoms with Gasteiger partial charge in [-0.05, 0) is 28.7 Å². The highest BCUT2D eigenvalue weighted by molar-refractivity contribution is 6.70. The van der Waals surface area contributed by atoms with Crippen molar-refractivity contribution >= 4 is 20.1 Å². The summed E-state index contributed by atoms with van der Waals surface area (Å²) < 4.78 is 0. The smallest absolute Gasteiger partial charge is 0.0791 e. The molecule has 18 heavy (non-hydrogen) atoms. The molecule has 0 unspecified atom stereocenters. The molecular formula is C17H17Si. The van der Waals surface area contributed by atoms with Gasteiger partial charge in [-0.1, -0.05) is 72.9 Å². The molecule has 1 aliphatic rings. The van der Waals surface area contributed by atoms with Gasteiger partial charge >= 0.3 is 0 Å². The molecule has 0 heterocycles. The summed E-state index contributed by atoms with van der Waals surface area (Å²) in [5.74, 6) is 0. The number of benzene rings is 2. The first-order valence-corrected chi connectivity index (χ1v) is 8.95. The van der Waals surface area contributed by atoms with Crippen LogP contribution in [-0.4, -0.2) is 8.80 Å². The van der Waals surface area contributed by atoms with Crippen molar-refractivity contribution in [3.05, 3.63) is 59.7 Å². The highest BCUT2D eigenvalue weighted by Crippen LogP contribution is 2.30. The number of allylic oxidation sites excluding steroid dienone is 1. The van der Waals surface area contributed by atoms with Crippen molar-refractivity contribution in [2.75, 3.05) is 0 Å². The minimum Gasteiger partial charge on any atom is -0.0795 e. The topological polar surface area (TPSA) is 0 Å². The van der Waals surface area contributed by atoms with E-state index < -0.39 is 0 Å². The molecule has 0 nitrogen and oxygen atoms in total. The molecule has 0 saturated heterocycles. The summed E-state index contributed by atoms with van der Waals surface area (Å²) in [7, 11) is -0.335. The van der Waals surface area contributed by atoms with Gasteiger partial charge in [0.1, 0.15) is 0 Å². The van der Waals surface area contributed by atoms with E-state index in [9.17, 15) is 0 Å². The summed E-state index contributed by atoms with van der Waals surface area (Å²) >= 11 is 0. The summed E-state index contributed by atoms with van der Waals surface area (Å²) in [6.07, 6.45) is 5.59. The second-order valence-electron chi connectivity index (χ2n) is 5.06. The predicted molar refractivity (Wildman–Crippen MR) is 81.7 cm³/mol. The van der Waals surface area contributed by atoms with Crippen LogP contribution in [0.15, 0.2) is 48.5 Å². The highest BCUT2D eigenvalue weighted by Gasteiger charge is 2.11. The van der Waals surface area contributed by atoms with E-state index >= 15 is 0 Å². The highest BCUT2D eigenvalue weighted by atomic mass is 28.3. The molecule has 2 aromatic rings. The molecular weight excluding hydrogens is 232 g/mol. The molecule has 0 bridgehead atoms. The Morgan fingerprint density at radius 1 is 0.944 bits per heavy atom. The molecule has 3 rings (SSSR count). The molecule has 0 spiro atoms. The zero-order valence-corrected chi connectivity index (χ0v) is 11.9. The summed E-state index contributed by atoms with van der Waals surface area (Å²) in [6, 6.07) is 15.8. The molecule has 1 radical (unpaired) electrons. The Bertz CT molecular complexity index is 592. The minimum absolute atomic E-state index is 0.335. The third kappa shape index (κ3) is 1.95. The van der Waals surface area contributed by atoms with E-state index in [1.165, 1.54) is 27.4 Å². The summed E-state index contributed by atoms with van der Waals surface area (Å²) in [4.78, 5) is 0. The molecule has 0 saturated carbocycles. The van der Waals surface area contributed by atoms with Crippen molar-refractivity contribution in [1.82, 2.24) is 0 Å². The molecule has 1 aliphatic carbocycles. The zero-order valence-electron chi connectivity index (χ0n) is 10.9. The van der Waals surface area contributed by atoms with Crippen LogP contribution in [0, 0.1) is 0 Å². The van der Waals surface area contributed by atoms with Gasteiger partial charge in [-0.2, -0.15) is 0 Å². The average molecular weight is 249 g/mol. The Balaban J connectivity index is 2.05. The van der Waals surface area contributed by atoms with Crippen molar-refractivity contribution < 1.29 is 0 Å². The Morgan fingerprint density at radius 2 is 1.72 bits per heavy atom. The maximum atomic E-state index is 2.34. The van der Waals surface area contributed by atoms with Crippen molar-refractivity contribution in [3.63, 3.8) is 0 Å². The molecule has 2 aromatic carbocycles.